The van der Waals surface area contributed by atoms with Crippen LogP contribution < -0.4 is 0 Å². The normalized spacial score (nSPS) is 25.6. The molecule has 0 unspecified atom stereocenters. The Bertz CT molecular complexity index is 169. The van der Waals surface area contributed by atoms with Crippen molar-refractivity contribution in [2.45, 2.75) is 60.3 Å². The lowest BCUT2D eigenvalue weighted by Gasteiger charge is -2.34. The Balaban J connectivity index is 2.60. The molecule has 0 N–H and O–H groups in total. The van der Waals surface area contributed by atoms with E-state index in [4.69, 9.17) is 4.65 Å². The molecule has 1 fully saturated rings. The molecular weight excluding hydrogens is 159 g/mol. The maximum Gasteiger partial charge on any atom is 0.294 e. The van der Waals surface area contributed by atoms with Crippen LogP contribution in [0.3, 0.4) is 0 Å². The molecule has 0 amide bonds. The van der Waals surface area contributed by atoms with Gasteiger partial charge in [0.1, 0.15) is 0 Å². The van der Waals surface area contributed by atoms with Crippen molar-refractivity contribution >= 4 is 6.92 Å². The van der Waals surface area contributed by atoms with Crippen molar-refractivity contribution in [3.8, 4) is 0 Å². The Morgan fingerprint density at radius 1 is 1.00 bits per heavy atom. The van der Waals surface area contributed by atoms with Gasteiger partial charge in [-0.3, -0.25) is 0 Å². The lowest BCUT2D eigenvalue weighted by atomic mass is 9.63. The Kier molecular flexibility index (Phi) is 2.82. The van der Waals surface area contributed by atoms with Crippen LogP contribution in [0.15, 0.2) is 0 Å². The summed E-state index contributed by atoms with van der Waals surface area (Å²) in [5.41, 5.74) is 0.846. The molecule has 1 rings (SSSR count). The van der Waals surface area contributed by atoms with Crippen LogP contribution >= 0.6 is 0 Å². The fraction of sp³-hybridized carbons (Fsp3) is 1.00. The molecule has 0 aliphatic carbocycles. The minimum atomic E-state index is 0.370. The molecule has 0 aromatic carbocycles. The fourth-order valence-corrected chi connectivity index (χ4v) is 2.24. The van der Waals surface area contributed by atoms with Crippen molar-refractivity contribution in [1.29, 1.82) is 0 Å². The molecule has 0 aromatic heterocycles. The zero-order valence-electron chi connectivity index (χ0n) is 9.98. The van der Waals surface area contributed by atoms with Gasteiger partial charge in [-0.15, -0.1) is 0 Å². The van der Waals surface area contributed by atoms with Gasteiger partial charge in [-0.2, -0.15) is 0 Å². The highest BCUT2D eigenvalue weighted by Crippen LogP contribution is 2.53. The third-order valence-corrected chi connectivity index (χ3v) is 3.77. The first kappa shape index (κ1) is 11.1. The van der Waals surface area contributed by atoms with E-state index in [1.807, 2.05) is 0 Å². The van der Waals surface area contributed by atoms with Crippen molar-refractivity contribution in [2.75, 3.05) is 0 Å². The first-order chi connectivity index (χ1) is 5.74. The summed E-state index contributed by atoms with van der Waals surface area (Å²) in [5.74, 6) is 0. The summed E-state index contributed by atoms with van der Waals surface area (Å²) in [6.07, 6.45) is 2.78. The van der Waals surface area contributed by atoms with Crippen LogP contribution in [0.1, 0.15) is 41.5 Å². The summed E-state index contributed by atoms with van der Waals surface area (Å²) in [6, 6.07) is 0. The molecule has 2 heteroatoms. The van der Waals surface area contributed by atoms with Crippen LogP contribution in [0, 0.1) is 10.8 Å². The summed E-state index contributed by atoms with van der Waals surface area (Å²) in [4.78, 5) is 0. The van der Waals surface area contributed by atoms with Gasteiger partial charge >= 0.3 is 0 Å². The maximum absolute atomic E-state index is 5.88. The molecule has 0 spiro atoms. The third kappa shape index (κ3) is 2.28. The van der Waals surface area contributed by atoms with E-state index in [1.165, 1.54) is 12.6 Å². The van der Waals surface area contributed by atoms with Gasteiger partial charge in [0.2, 0.25) is 0 Å². The molecular formula is C11H23BO. The highest BCUT2D eigenvalue weighted by Gasteiger charge is 2.48. The largest absolute Gasteiger partial charge is 0.434 e. The molecule has 1 nitrogen and oxygen atoms in total. The standard InChI is InChI=1S/C11H23BO/c1-9(2)13-12-7-10(3,4)11(5,6)8-12/h9H,7-8H2,1-6H3. The Morgan fingerprint density at radius 2 is 1.38 bits per heavy atom. The SMILES string of the molecule is CC(C)OB1CC(C)(C)C(C)(C)C1. The molecule has 1 saturated heterocycles. The van der Waals surface area contributed by atoms with Crippen LogP contribution in [-0.2, 0) is 4.65 Å². The fourth-order valence-electron chi connectivity index (χ4n) is 2.24. The molecule has 0 aromatic rings. The van der Waals surface area contributed by atoms with Gasteiger partial charge in [0.25, 0.3) is 6.92 Å². The third-order valence-electron chi connectivity index (χ3n) is 3.77. The molecule has 0 saturated carbocycles. The molecule has 0 radical (unpaired) electrons. The van der Waals surface area contributed by atoms with Crippen LogP contribution in [0.25, 0.3) is 0 Å². The van der Waals surface area contributed by atoms with Crippen molar-refractivity contribution < 1.29 is 4.65 Å². The van der Waals surface area contributed by atoms with Gasteiger partial charge in [-0.05, 0) is 37.3 Å². The maximum atomic E-state index is 5.88. The molecule has 1 heterocycles. The quantitative estimate of drug-likeness (QED) is 0.594. The second-order valence-electron chi connectivity index (χ2n) is 5.98. The van der Waals surface area contributed by atoms with Crippen molar-refractivity contribution in [3.63, 3.8) is 0 Å². The van der Waals surface area contributed by atoms with E-state index >= 15 is 0 Å². The summed E-state index contributed by atoms with van der Waals surface area (Å²) < 4.78 is 5.88. The van der Waals surface area contributed by atoms with Gasteiger partial charge in [-0.1, -0.05) is 27.7 Å². The van der Waals surface area contributed by atoms with Crippen molar-refractivity contribution in [3.05, 3.63) is 0 Å². The molecule has 76 valence electrons. The molecule has 1 aliphatic heterocycles. The van der Waals surface area contributed by atoms with Crippen LogP contribution in [-0.4, -0.2) is 13.0 Å². The Labute approximate surface area is 83.4 Å². The lowest BCUT2D eigenvalue weighted by Crippen LogP contribution is -2.24. The van der Waals surface area contributed by atoms with Crippen LogP contribution in [0.4, 0.5) is 0 Å². The van der Waals surface area contributed by atoms with Gasteiger partial charge in [0.15, 0.2) is 0 Å². The van der Waals surface area contributed by atoms with Crippen LogP contribution in [0.2, 0.25) is 12.6 Å². The zero-order chi connectivity index (χ0) is 10.3. The van der Waals surface area contributed by atoms with Crippen molar-refractivity contribution in [1.82, 2.24) is 0 Å². The zero-order valence-corrected chi connectivity index (χ0v) is 9.98. The summed E-state index contributed by atoms with van der Waals surface area (Å²) >= 11 is 0. The van der Waals surface area contributed by atoms with Gasteiger partial charge in [-0.25, -0.2) is 0 Å². The van der Waals surface area contributed by atoms with E-state index in [2.05, 4.69) is 41.5 Å². The minimum absolute atomic E-state index is 0.370. The topological polar surface area (TPSA) is 9.23 Å². The molecule has 13 heavy (non-hydrogen) atoms. The lowest BCUT2D eigenvalue weighted by molar-refractivity contribution is 0.177. The predicted octanol–water partition coefficient (Wildman–Crippen LogP) is 3.47. The predicted molar refractivity (Wildman–Crippen MR) is 59.2 cm³/mol. The van der Waals surface area contributed by atoms with Gasteiger partial charge in [0, 0.05) is 6.10 Å². The van der Waals surface area contributed by atoms with Gasteiger partial charge < -0.3 is 4.65 Å². The first-order valence-corrected chi connectivity index (χ1v) is 5.40. The van der Waals surface area contributed by atoms with E-state index < -0.39 is 0 Å². The number of rotatable bonds is 2. The van der Waals surface area contributed by atoms with E-state index in [1.54, 1.807) is 0 Å². The Morgan fingerprint density at radius 3 is 1.69 bits per heavy atom. The molecule has 1 aliphatic rings. The van der Waals surface area contributed by atoms with Gasteiger partial charge in [0.05, 0.1) is 0 Å². The van der Waals surface area contributed by atoms with E-state index in [9.17, 15) is 0 Å². The minimum Gasteiger partial charge on any atom is -0.434 e. The summed E-state index contributed by atoms with van der Waals surface area (Å²) in [6.45, 7) is 14.2. The smallest absolute Gasteiger partial charge is 0.294 e. The first-order valence-electron chi connectivity index (χ1n) is 5.40. The average molecular weight is 182 g/mol. The number of hydrogen-bond donors (Lipinski definition) is 0. The van der Waals surface area contributed by atoms with E-state index in [-0.39, 0.29) is 0 Å². The average Bonchev–Trinajstić information content (AvgIpc) is 1.98. The highest BCUT2D eigenvalue weighted by molar-refractivity contribution is 6.53. The van der Waals surface area contributed by atoms with E-state index in [0.29, 0.717) is 23.8 Å². The van der Waals surface area contributed by atoms with Crippen molar-refractivity contribution in [2.24, 2.45) is 10.8 Å². The number of hydrogen-bond acceptors (Lipinski definition) is 1. The summed E-state index contributed by atoms with van der Waals surface area (Å²) in [5, 5.41) is 0. The Hall–Kier alpha value is 0.0249. The second-order valence-corrected chi connectivity index (χ2v) is 5.98. The highest BCUT2D eigenvalue weighted by atomic mass is 16.4. The monoisotopic (exact) mass is 182 g/mol. The second kappa shape index (κ2) is 3.31. The summed E-state index contributed by atoms with van der Waals surface area (Å²) in [7, 11) is 0. The molecule has 0 bridgehead atoms. The van der Waals surface area contributed by atoms with E-state index in [0.717, 1.165) is 0 Å². The van der Waals surface area contributed by atoms with Crippen LogP contribution in [0.5, 0.6) is 0 Å². The molecule has 0 atom stereocenters.